The molecule has 1 aliphatic rings. The molecule has 1 saturated carbocycles. The number of carbonyl (C=O) groups excluding carboxylic acids is 1. The molecular formula is C12H15FN2O. The van der Waals surface area contributed by atoms with Crippen molar-refractivity contribution in [2.75, 3.05) is 18.9 Å². The lowest BCUT2D eigenvalue weighted by Crippen LogP contribution is -2.31. The van der Waals surface area contributed by atoms with Crippen LogP contribution in [0.25, 0.3) is 0 Å². The van der Waals surface area contributed by atoms with Gasteiger partial charge in [0.05, 0.1) is 6.54 Å². The summed E-state index contributed by atoms with van der Waals surface area (Å²) in [5, 5.41) is 2.74. The summed E-state index contributed by atoms with van der Waals surface area (Å²) in [5.41, 5.74) is 0.635. The summed E-state index contributed by atoms with van der Waals surface area (Å²) in [6.45, 7) is 0.391. The predicted molar refractivity (Wildman–Crippen MR) is 60.7 cm³/mol. The van der Waals surface area contributed by atoms with Crippen molar-refractivity contribution in [1.29, 1.82) is 0 Å². The quantitative estimate of drug-likeness (QED) is 0.843. The smallest absolute Gasteiger partial charge is 0.238 e. The van der Waals surface area contributed by atoms with Crippen LogP contribution in [0, 0.1) is 5.82 Å². The molecule has 1 N–H and O–H groups in total. The Labute approximate surface area is 94.3 Å². The molecule has 1 aliphatic carbocycles. The topological polar surface area (TPSA) is 32.3 Å². The van der Waals surface area contributed by atoms with E-state index in [2.05, 4.69) is 5.32 Å². The van der Waals surface area contributed by atoms with Gasteiger partial charge in [-0.1, -0.05) is 0 Å². The molecule has 0 atom stereocenters. The number of anilines is 1. The van der Waals surface area contributed by atoms with Gasteiger partial charge in [-0.25, -0.2) is 4.39 Å². The third-order valence-corrected chi connectivity index (χ3v) is 2.69. The Morgan fingerprint density at radius 2 is 2.06 bits per heavy atom. The van der Waals surface area contributed by atoms with E-state index in [1.165, 1.54) is 25.0 Å². The van der Waals surface area contributed by atoms with Crippen LogP contribution in [0.15, 0.2) is 24.3 Å². The molecule has 0 radical (unpaired) electrons. The van der Waals surface area contributed by atoms with Crippen LogP contribution in [-0.4, -0.2) is 30.4 Å². The fourth-order valence-electron chi connectivity index (χ4n) is 1.60. The summed E-state index contributed by atoms with van der Waals surface area (Å²) in [5.74, 6) is -0.353. The Hall–Kier alpha value is -1.42. The van der Waals surface area contributed by atoms with Gasteiger partial charge in [0.15, 0.2) is 0 Å². The maximum Gasteiger partial charge on any atom is 0.238 e. The van der Waals surface area contributed by atoms with Crippen LogP contribution in [0.5, 0.6) is 0 Å². The minimum absolute atomic E-state index is 0.0546. The second-order valence-electron chi connectivity index (χ2n) is 4.20. The van der Waals surface area contributed by atoms with Gasteiger partial charge in [0.1, 0.15) is 5.82 Å². The standard InChI is InChI=1S/C12H15FN2O/c1-15(11-6-7-11)8-12(16)14-10-4-2-9(13)3-5-10/h2-5,11H,6-8H2,1H3,(H,14,16). The lowest BCUT2D eigenvalue weighted by molar-refractivity contribution is -0.117. The van der Waals surface area contributed by atoms with Crippen LogP contribution in [0.2, 0.25) is 0 Å². The van der Waals surface area contributed by atoms with Gasteiger partial charge in [-0.15, -0.1) is 0 Å². The van der Waals surface area contributed by atoms with Crippen LogP contribution in [0.4, 0.5) is 10.1 Å². The predicted octanol–water partition coefficient (Wildman–Crippen LogP) is 1.86. The zero-order valence-corrected chi connectivity index (χ0v) is 9.24. The number of amides is 1. The van der Waals surface area contributed by atoms with Crippen molar-refractivity contribution in [3.05, 3.63) is 30.1 Å². The maximum absolute atomic E-state index is 12.6. The van der Waals surface area contributed by atoms with Gasteiger partial charge in [-0.2, -0.15) is 0 Å². The Morgan fingerprint density at radius 1 is 1.44 bits per heavy atom. The van der Waals surface area contributed by atoms with Crippen LogP contribution in [0.3, 0.4) is 0 Å². The van der Waals surface area contributed by atoms with Gasteiger partial charge in [0, 0.05) is 11.7 Å². The maximum atomic E-state index is 12.6. The van der Waals surface area contributed by atoms with Crippen molar-refractivity contribution in [1.82, 2.24) is 4.90 Å². The van der Waals surface area contributed by atoms with Crippen molar-refractivity contribution in [3.8, 4) is 0 Å². The van der Waals surface area contributed by atoms with Crippen LogP contribution in [-0.2, 0) is 4.79 Å². The molecule has 4 heteroatoms. The van der Waals surface area contributed by atoms with Crippen LogP contribution in [0.1, 0.15) is 12.8 Å². The Morgan fingerprint density at radius 3 is 2.62 bits per heavy atom. The summed E-state index contributed by atoms with van der Waals surface area (Å²) >= 11 is 0. The van der Waals surface area contributed by atoms with Crippen LogP contribution >= 0.6 is 0 Å². The Balaban J connectivity index is 1.84. The number of hydrogen-bond acceptors (Lipinski definition) is 2. The first kappa shape index (κ1) is 11.1. The van der Waals surface area contributed by atoms with Gasteiger partial charge in [-0.3, -0.25) is 9.69 Å². The highest BCUT2D eigenvalue weighted by atomic mass is 19.1. The fraction of sp³-hybridized carbons (Fsp3) is 0.417. The third-order valence-electron chi connectivity index (χ3n) is 2.69. The highest BCUT2D eigenvalue weighted by Gasteiger charge is 2.27. The van der Waals surface area contributed by atoms with Gasteiger partial charge in [-0.05, 0) is 44.2 Å². The molecule has 1 amide bonds. The summed E-state index contributed by atoms with van der Waals surface area (Å²) in [6, 6.07) is 6.36. The molecule has 16 heavy (non-hydrogen) atoms. The lowest BCUT2D eigenvalue weighted by Gasteiger charge is -2.14. The number of hydrogen-bond donors (Lipinski definition) is 1. The highest BCUT2D eigenvalue weighted by molar-refractivity contribution is 5.92. The average Bonchev–Trinajstić information content (AvgIpc) is 3.04. The van der Waals surface area contributed by atoms with Crippen molar-refractivity contribution in [2.24, 2.45) is 0 Å². The molecule has 1 fully saturated rings. The molecule has 0 aliphatic heterocycles. The van der Waals surface area contributed by atoms with E-state index >= 15 is 0 Å². The van der Waals surface area contributed by atoms with Gasteiger partial charge < -0.3 is 5.32 Å². The second-order valence-corrected chi connectivity index (χ2v) is 4.20. The number of nitrogens with zero attached hydrogens (tertiary/aromatic N) is 1. The molecule has 0 bridgehead atoms. The normalized spacial score (nSPS) is 15.2. The highest BCUT2D eigenvalue weighted by Crippen LogP contribution is 2.24. The first-order valence-electron chi connectivity index (χ1n) is 5.41. The monoisotopic (exact) mass is 222 g/mol. The summed E-state index contributed by atoms with van der Waals surface area (Å²) < 4.78 is 12.6. The Bertz CT molecular complexity index is 373. The molecular weight excluding hydrogens is 207 g/mol. The van der Waals surface area contributed by atoms with E-state index in [9.17, 15) is 9.18 Å². The van der Waals surface area contributed by atoms with Gasteiger partial charge in [0.2, 0.25) is 5.91 Å². The molecule has 1 aromatic rings. The third kappa shape index (κ3) is 3.03. The second kappa shape index (κ2) is 4.61. The molecule has 0 spiro atoms. The number of halogens is 1. The van der Waals surface area contributed by atoms with Crippen molar-refractivity contribution in [2.45, 2.75) is 18.9 Å². The van der Waals surface area contributed by atoms with E-state index in [0.717, 1.165) is 0 Å². The number of likely N-dealkylation sites (N-methyl/N-ethyl adjacent to an activating group) is 1. The number of nitrogens with one attached hydrogen (secondary N) is 1. The number of rotatable bonds is 4. The largest absolute Gasteiger partial charge is 0.325 e. The van der Waals surface area contributed by atoms with E-state index in [4.69, 9.17) is 0 Å². The van der Waals surface area contributed by atoms with Gasteiger partial charge in [0.25, 0.3) is 0 Å². The van der Waals surface area contributed by atoms with E-state index < -0.39 is 0 Å². The summed E-state index contributed by atoms with van der Waals surface area (Å²) in [7, 11) is 1.95. The molecule has 3 nitrogen and oxygen atoms in total. The average molecular weight is 222 g/mol. The first-order valence-corrected chi connectivity index (χ1v) is 5.41. The fourth-order valence-corrected chi connectivity index (χ4v) is 1.60. The number of carbonyl (C=O) groups is 1. The zero-order valence-electron chi connectivity index (χ0n) is 9.24. The summed E-state index contributed by atoms with van der Waals surface area (Å²) in [4.78, 5) is 13.6. The molecule has 2 rings (SSSR count). The van der Waals surface area contributed by atoms with Crippen LogP contribution < -0.4 is 5.32 Å². The van der Waals surface area contributed by atoms with Gasteiger partial charge >= 0.3 is 0 Å². The van der Waals surface area contributed by atoms with Crippen molar-refractivity contribution in [3.63, 3.8) is 0 Å². The molecule has 0 heterocycles. The molecule has 86 valence electrons. The van der Waals surface area contributed by atoms with Crippen molar-refractivity contribution < 1.29 is 9.18 Å². The van der Waals surface area contributed by atoms with E-state index in [0.29, 0.717) is 18.3 Å². The van der Waals surface area contributed by atoms with E-state index in [1.54, 1.807) is 12.1 Å². The minimum atomic E-state index is -0.298. The Kier molecular flexibility index (Phi) is 3.19. The lowest BCUT2D eigenvalue weighted by atomic mass is 10.3. The number of benzene rings is 1. The first-order chi connectivity index (χ1) is 7.65. The molecule has 0 saturated heterocycles. The molecule has 0 aromatic heterocycles. The van der Waals surface area contributed by atoms with E-state index in [1.807, 2.05) is 11.9 Å². The van der Waals surface area contributed by atoms with E-state index in [-0.39, 0.29) is 11.7 Å². The molecule has 0 unspecified atom stereocenters. The zero-order chi connectivity index (χ0) is 11.5. The molecule has 1 aromatic carbocycles. The summed E-state index contributed by atoms with van der Waals surface area (Å²) in [6.07, 6.45) is 2.36. The SMILES string of the molecule is CN(CC(=O)Nc1ccc(F)cc1)C1CC1. The van der Waals surface area contributed by atoms with Crippen molar-refractivity contribution >= 4 is 11.6 Å². The minimum Gasteiger partial charge on any atom is -0.325 e.